The van der Waals surface area contributed by atoms with E-state index in [0.717, 1.165) is 0 Å². The van der Waals surface area contributed by atoms with E-state index in [1.807, 2.05) is 6.07 Å². The molecular formula is C15H12ClNO2. The Morgan fingerprint density at radius 3 is 2.32 bits per heavy atom. The lowest BCUT2D eigenvalue weighted by Crippen LogP contribution is -2.00. The summed E-state index contributed by atoms with van der Waals surface area (Å²) in [7, 11) is 0. The SMILES string of the molecule is Nc1ccccc1C=C(C(=O)O)c1ccc(Cl)cc1. The van der Waals surface area contributed by atoms with Crippen LogP contribution < -0.4 is 5.73 Å². The molecule has 0 fully saturated rings. The highest BCUT2D eigenvalue weighted by Crippen LogP contribution is 2.23. The quantitative estimate of drug-likeness (QED) is 0.511. The Labute approximate surface area is 115 Å². The number of carboxylic acid groups (broad SMARTS) is 1. The Balaban J connectivity index is 2.50. The molecule has 0 aliphatic carbocycles. The van der Waals surface area contributed by atoms with Crippen molar-refractivity contribution in [3.05, 3.63) is 64.7 Å². The zero-order chi connectivity index (χ0) is 13.8. The first kappa shape index (κ1) is 13.2. The van der Waals surface area contributed by atoms with Crippen LogP contribution in [0.1, 0.15) is 11.1 Å². The van der Waals surface area contributed by atoms with E-state index >= 15 is 0 Å². The molecule has 19 heavy (non-hydrogen) atoms. The maximum atomic E-state index is 11.4. The predicted octanol–water partition coefficient (Wildman–Crippen LogP) is 3.55. The number of aliphatic carboxylic acids is 1. The van der Waals surface area contributed by atoms with Crippen LogP contribution in [0.2, 0.25) is 5.02 Å². The Hall–Kier alpha value is -2.26. The van der Waals surface area contributed by atoms with Crippen molar-refractivity contribution in [3.8, 4) is 0 Å². The number of anilines is 1. The first-order chi connectivity index (χ1) is 9.08. The van der Waals surface area contributed by atoms with Gasteiger partial charge in [-0.25, -0.2) is 4.79 Å². The summed E-state index contributed by atoms with van der Waals surface area (Å²) in [6.45, 7) is 0. The molecule has 0 aliphatic rings. The highest BCUT2D eigenvalue weighted by atomic mass is 35.5. The van der Waals surface area contributed by atoms with Crippen molar-refractivity contribution in [1.29, 1.82) is 0 Å². The molecule has 2 aromatic carbocycles. The summed E-state index contributed by atoms with van der Waals surface area (Å²) in [5.41, 5.74) is 7.78. The molecule has 96 valence electrons. The molecule has 0 amide bonds. The zero-order valence-corrected chi connectivity index (χ0v) is 10.8. The summed E-state index contributed by atoms with van der Waals surface area (Å²) in [4.78, 5) is 11.4. The molecule has 0 unspecified atom stereocenters. The van der Waals surface area contributed by atoms with Gasteiger partial charge in [0.25, 0.3) is 0 Å². The van der Waals surface area contributed by atoms with Crippen LogP contribution in [0.5, 0.6) is 0 Å². The van der Waals surface area contributed by atoms with Crippen molar-refractivity contribution in [1.82, 2.24) is 0 Å². The number of para-hydroxylation sites is 1. The molecule has 4 heteroatoms. The van der Waals surface area contributed by atoms with Crippen molar-refractivity contribution in [3.63, 3.8) is 0 Å². The van der Waals surface area contributed by atoms with E-state index in [-0.39, 0.29) is 5.57 Å². The van der Waals surface area contributed by atoms with Gasteiger partial charge in [0, 0.05) is 10.7 Å². The minimum Gasteiger partial charge on any atom is -0.478 e. The summed E-state index contributed by atoms with van der Waals surface area (Å²) in [5, 5.41) is 9.87. The molecule has 3 nitrogen and oxygen atoms in total. The van der Waals surface area contributed by atoms with E-state index < -0.39 is 5.97 Å². The smallest absolute Gasteiger partial charge is 0.336 e. The number of carboxylic acids is 1. The third-order valence-electron chi connectivity index (χ3n) is 2.68. The van der Waals surface area contributed by atoms with E-state index in [9.17, 15) is 9.90 Å². The van der Waals surface area contributed by atoms with Crippen molar-refractivity contribution in [2.75, 3.05) is 5.73 Å². The topological polar surface area (TPSA) is 63.3 Å². The first-order valence-electron chi connectivity index (χ1n) is 5.63. The van der Waals surface area contributed by atoms with E-state index in [0.29, 0.717) is 21.8 Å². The second kappa shape index (κ2) is 5.59. The molecule has 3 N–H and O–H groups in total. The fourth-order valence-electron chi connectivity index (χ4n) is 1.70. The van der Waals surface area contributed by atoms with Crippen LogP contribution in [-0.2, 0) is 4.79 Å². The molecule has 0 aliphatic heterocycles. The minimum atomic E-state index is -1.01. The van der Waals surface area contributed by atoms with Crippen molar-refractivity contribution >= 4 is 34.9 Å². The highest BCUT2D eigenvalue weighted by molar-refractivity contribution is 6.30. The summed E-state index contributed by atoms with van der Waals surface area (Å²) >= 11 is 5.79. The summed E-state index contributed by atoms with van der Waals surface area (Å²) in [6, 6.07) is 13.8. The number of carbonyl (C=O) groups is 1. The van der Waals surface area contributed by atoms with Crippen molar-refractivity contribution in [2.24, 2.45) is 0 Å². The molecule has 0 atom stereocenters. The van der Waals surface area contributed by atoms with Gasteiger partial charge in [-0.05, 0) is 35.4 Å². The van der Waals surface area contributed by atoms with E-state index in [4.69, 9.17) is 17.3 Å². The molecule has 0 heterocycles. The van der Waals surface area contributed by atoms with Crippen LogP contribution in [0.4, 0.5) is 5.69 Å². The molecule has 0 bridgehead atoms. The van der Waals surface area contributed by atoms with Gasteiger partial charge in [0.2, 0.25) is 0 Å². The molecule has 2 rings (SSSR count). The fourth-order valence-corrected chi connectivity index (χ4v) is 1.82. The Bertz CT molecular complexity index is 633. The van der Waals surface area contributed by atoms with Gasteiger partial charge in [-0.15, -0.1) is 0 Å². The molecule has 2 aromatic rings. The number of rotatable bonds is 3. The maximum Gasteiger partial charge on any atom is 0.336 e. The van der Waals surface area contributed by atoms with Crippen LogP contribution in [0, 0.1) is 0 Å². The van der Waals surface area contributed by atoms with Gasteiger partial charge in [0.05, 0.1) is 5.57 Å². The Morgan fingerprint density at radius 1 is 1.11 bits per heavy atom. The van der Waals surface area contributed by atoms with Gasteiger partial charge < -0.3 is 10.8 Å². The summed E-state index contributed by atoms with van der Waals surface area (Å²) in [6.07, 6.45) is 1.56. The normalized spacial score (nSPS) is 11.3. The highest BCUT2D eigenvalue weighted by Gasteiger charge is 2.11. The lowest BCUT2D eigenvalue weighted by Gasteiger charge is -2.05. The van der Waals surface area contributed by atoms with Gasteiger partial charge in [0.15, 0.2) is 0 Å². The van der Waals surface area contributed by atoms with E-state index in [2.05, 4.69) is 0 Å². The summed E-state index contributed by atoms with van der Waals surface area (Å²) < 4.78 is 0. The number of halogens is 1. The first-order valence-corrected chi connectivity index (χ1v) is 6.01. The van der Waals surface area contributed by atoms with Crippen LogP contribution in [0.3, 0.4) is 0 Å². The minimum absolute atomic E-state index is 0.176. The van der Waals surface area contributed by atoms with Crippen LogP contribution in [0.15, 0.2) is 48.5 Å². The number of nitrogens with two attached hydrogens (primary N) is 1. The lowest BCUT2D eigenvalue weighted by atomic mass is 10.0. The van der Waals surface area contributed by atoms with Gasteiger partial charge in [0.1, 0.15) is 0 Å². The molecule has 0 spiro atoms. The van der Waals surface area contributed by atoms with Gasteiger partial charge in [-0.1, -0.05) is 41.9 Å². The average Bonchev–Trinajstić information content (AvgIpc) is 2.39. The van der Waals surface area contributed by atoms with Gasteiger partial charge in [-0.3, -0.25) is 0 Å². The van der Waals surface area contributed by atoms with Gasteiger partial charge in [-0.2, -0.15) is 0 Å². The third-order valence-corrected chi connectivity index (χ3v) is 2.93. The molecular weight excluding hydrogens is 262 g/mol. The Kier molecular flexibility index (Phi) is 3.88. The predicted molar refractivity (Wildman–Crippen MR) is 77.8 cm³/mol. The third kappa shape index (κ3) is 3.14. The van der Waals surface area contributed by atoms with E-state index in [1.165, 1.54) is 0 Å². The van der Waals surface area contributed by atoms with Crippen molar-refractivity contribution in [2.45, 2.75) is 0 Å². The molecule has 0 radical (unpaired) electrons. The van der Waals surface area contributed by atoms with Crippen molar-refractivity contribution < 1.29 is 9.90 Å². The molecule has 0 saturated carbocycles. The monoisotopic (exact) mass is 273 g/mol. The average molecular weight is 274 g/mol. The van der Waals surface area contributed by atoms with Crippen LogP contribution in [-0.4, -0.2) is 11.1 Å². The fraction of sp³-hybridized carbons (Fsp3) is 0. The molecule has 0 saturated heterocycles. The lowest BCUT2D eigenvalue weighted by molar-refractivity contribution is -0.130. The number of nitrogen functional groups attached to an aromatic ring is 1. The number of benzene rings is 2. The van der Waals surface area contributed by atoms with Gasteiger partial charge >= 0.3 is 5.97 Å². The largest absolute Gasteiger partial charge is 0.478 e. The van der Waals surface area contributed by atoms with Crippen LogP contribution in [0.25, 0.3) is 11.6 Å². The maximum absolute atomic E-state index is 11.4. The van der Waals surface area contributed by atoms with E-state index in [1.54, 1.807) is 48.5 Å². The second-order valence-electron chi connectivity index (χ2n) is 4.00. The Morgan fingerprint density at radius 2 is 1.74 bits per heavy atom. The van der Waals surface area contributed by atoms with Crippen LogP contribution >= 0.6 is 11.6 Å². The second-order valence-corrected chi connectivity index (χ2v) is 4.44. The summed E-state index contributed by atoms with van der Waals surface area (Å²) in [5.74, 6) is -1.01. The molecule has 0 aromatic heterocycles. The number of hydrogen-bond donors (Lipinski definition) is 2. The zero-order valence-electron chi connectivity index (χ0n) is 10.0. The standard InChI is InChI=1S/C15H12ClNO2/c16-12-7-5-10(6-8-12)13(15(18)19)9-11-3-1-2-4-14(11)17/h1-9H,17H2,(H,18,19). The number of hydrogen-bond acceptors (Lipinski definition) is 2.